The first-order valence-corrected chi connectivity index (χ1v) is 9.82. The highest BCUT2D eigenvalue weighted by molar-refractivity contribution is 5.94. The van der Waals surface area contributed by atoms with Crippen molar-refractivity contribution in [3.05, 3.63) is 80.9 Å². The van der Waals surface area contributed by atoms with Crippen LogP contribution in [0.2, 0.25) is 0 Å². The first-order chi connectivity index (χ1) is 13.9. The van der Waals surface area contributed by atoms with Crippen LogP contribution in [-0.4, -0.2) is 46.9 Å². The predicted molar refractivity (Wildman–Crippen MR) is 112 cm³/mol. The quantitative estimate of drug-likeness (QED) is 0.743. The normalized spacial score (nSPS) is 15.1. The van der Waals surface area contributed by atoms with Crippen molar-refractivity contribution in [2.45, 2.75) is 20.4 Å². The van der Waals surface area contributed by atoms with Crippen molar-refractivity contribution < 1.29 is 9.18 Å². The Kier molecular flexibility index (Phi) is 5.20. The molecular formula is C23H24FN3O2. The van der Waals surface area contributed by atoms with Gasteiger partial charge in [0, 0.05) is 38.3 Å². The third kappa shape index (κ3) is 3.80. The molecule has 1 aliphatic heterocycles. The van der Waals surface area contributed by atoms with Crippen LogP contribution in [0.25, 0.3) is 10.9 Å². The second-order valence-electron chi connectivity index (χ2n) is 7.64. The lowest BCUT2D eigenvalue weighted by atomic mass is 10.0. The van der Waals surface area contributed by atoms with Crippen LogP contribution < -0.4 is 5.56 Å². The Hall–Kier alpha value is -2.99. The second-order valence-corrected chi connectivity index (χ2v) is 7.64. The largest absolute Gasteiger partial charge is 0.336 e. The summed E-state index contributed by atoms with van der Waals surface area (Å²) in [4.78, 5) is 32.0. The molecule has 0 spiro atoms. The van der Waals surface area contributed by atoms with Crippen molar-refractivity contribution in [2.24, 2.45) is 0 Å². The molecule has 29 heavy (non-hydrogen) atoms. The van der Waals surface area contributed by atoms with Crippen LogP contribution in [0.15, 0.2) is 47.3 Å². The SMILES string of the molecule is Cc1ccc2cc(CN3CCN(C(=O)c4ccccc4F)CC3)c(=O)[nH]c2c1C. The lowest BCUT2D eigenvalue weighted by Gasteiger charge is -2.34. The maximum Gasteiger partial charge on any atom is 0.256 e. The molecule has 5 nitrogen and oxygen atoms in total. The Morgan fingerprint density at radius 3 is 2.52 bits per heavy atom. The zero-order valence-corrected chi connectivity index (χ0v) is 16.7. The van der Waals surface area contributed by atoms with Crippen molar-refractivity contribution in [1.82, 2.24) is 14.8 Å². The van der Waals surface area contributed by atoms with Gasteiger partial charge in [-0.3, -0.25) is 14.5 Å². The van der Waals surface area contributed by atoms with Gasteiger partial charge in [0.2, 0.25) is 0 Å². The number of carbonyl (C=O) groups is 1. The van der Waals surface area contributed by atoms with Crippen molar-refractivity contribution in [1.29, 1.82) is 0 Å². The molecule has 4 rings (SSSR count). The van der Waals surface area contributed by atoms with Crippen molar-refractivity contribution in [3.8, 4) is 0 Å². The van der Waals surface area contributed by atoms with Crippen molar-refractivity contribution >= 4 is 16.8 Å². The van der Waals surface area contributed by atoms with Crippen LogP contribution in [0.1, 0.15) is 27.0 Å². The first kappa shape index (κ1) is 19.3. The van der Waals surface area contributed by atoms with Gasteiger partial charge < -0.3 is 9.88 Å². The summed E-state index contributed by atoms with van der Waals surface area (Å²) in [6.45, 7) is 6.88. The average Bonchev–Trinajstić information content (AvgIpc) is 2.72. The van der Waals surface area contributed by atoms with Gasteiger partial charge in [-0.15, -0.1) is 0 Å². The molecular weight excluding hydrogens is 369 g/mol. The highest BCUT2D eigenvalue weighted by Crippen LogP contribution is 2.20. The average molecular weight is 393 g/mol. The Balaban J connectivity index is 1.45. The van der Waals surface area contributed by atoms with Gasteiger partial charge in [-0.2, -0.15) is 0 Å². The van der Waals surface area contributed by atoms with Crippen LogP contribution in [0.4, 0.5) is 4.39 Å². The number of pyridine rings is 1. The Labute approximate surface area is 168 Å². The van der Waals surface area contributed by atoms with E-state index < -0.39 is 5.82 Å². The fourth-order valence-electron chi connectivity index (χ4n) is 3.84. The number of rotatable bonds is 3. The molecule has 0 aliphatic carbocycles. The minimum Gasteiger partial charge on any atom is -0.336 e. The molecule has 1 fully saturated rings. The van der Waals surface area contributed by atoms with E-state index in [0.29, 0.717) is 32.7 Å². The number of fused-ring (bicyclic) bond motifs is 1. The summed E-state index contributed by atoms with van der Waals surface area (Å²) in [5.74, 6) is -0.773. The molecule has 0 unspecified atom stereocenters. The smallest absolute Gasteiger partial charge is 0.256 e. The Morgan fingerprint density at radius 2 is 1.79 bits per heavy atom. The van der Waals surface area contributed by atoms with Crippen molar-refractivity contribution in [3.63, 3.8) is 0 Å². The van der Waals surface area contributed by atoms with Gasteiger partial charge >= 0.3 is 0 Å². The number of benzene rings is 2. The minimum atomic E-state index is -0.492. The lowest BCUT2D eigenvalue weighted by Crippen LogP contribution is -2.48. The summed E-state index contributed by atoms with van der Waals surface area (Å²) in [5, 5.41) is 1.02. The molecule has 0 atom stereocenters. The highest BCUT2D eigenvalue weighted by Gasteiger charge is 2.24. The molecule has 1 N–H and O–H groups in total. The summed E-state index contributed by atoms with van der Waals surface area (Å²) in [5.41, 5.74) is 3.88. The van der Waals surface area contributed by atoms with Crippen molar-refractivity contribution in [2.75, 3.05) is 26.2 Å². The number of amides is 1. The summed E-state index contributed by atoms with van der Waals surface area (Å²) >= 11 is 0. The van der Waals surface area contributed by atoms with Crippen LogP contribution in [0.5, 0.6) is 0 Å². The fourth-order valence-corrected chi connectivity index (χ4v) is 3.84. The monoisotopic (exact) mass is 393 g/mol. The number of halogens is 1. The molecule has 1 aromatic heterocycles. The molecule has 0 radical (unpaired) electrons. The lowest BCUT2D eigenvalue weighted by molar-refractivity contribution is 0.0623. The molecule has 1 amide bonds. The number of nitrogens with one attached hydrogen (secondary N) is 1. The number of aryl methyl sites for hydroxylation is 2. The van der Waals surface area contributed by atoms with E-state index in [1.54, 1.807) is 17.0 Å². The molecule has 150 valence electrons. The van der Waals surface area contributed by atoms with E-state index >= 15 is 0 Å². The Morgan fingerprint density at radius 1 is 1.07 bits per heavy atom. The van der Waals surface area contributed by atoms with E-state index in [1.165, 1.54) is 12.1 Å². The molecule has 6 heteroatoms. The summed E-state index contributed by atoms with van der Waals surface area (Å²) in [6, 6.07) is 12.1. The topological polar surface area (TPSA) is 56.4 Å². The second kappa shape index (κ2) is 7.79. The van der Waals surface area contributed by atoms with Gasteiger partial charge in [-0.1, -0.05) is 24.3 Å². The number of aromatic nitrogens is 1. The number of hydrogen-bond acceptors (Lipinski definition) is 3. The van der Waals surface area contributed by atoms with Crippen LogP contribution in [0, 0.1) is 19.7 Å². The number of hydrogen-bond donors (Lipinski definition) is 1. The van der Waals surface area contributed by atoms with E-state index in [-0.39, 0.29) is 17.0 Å². The first-order valence-electron chi connectivity index (χ1n) is 9.82. The zero-order valence-electron chi connectivity index (χ0n) is 16.7. The van der Waals surface area contributed by atoms with Gasteiger partial charge in [0.15, 0.2) is 0 Å². The van der Waals surface area contributed by atoms with E-state index in [2.05, 4.69) is 16.0 Å². The van der Waals surface area contributed by atoms with Gasteiger partial charge in [-0.25, -0.2) is 4.39 Å². The van der Waals surface area contributed by atoms with E-state index in [4.69, 9.17) is 0 Å². The van der Waals surface area contributed by atoms with Crippen LogP contribution >= 0.6 is 0 Å². The van der Waals surface area contributed by atoms with Gasteiger partial charge in [0.25, 0.3) is 11.5 Å². The van der Waals surface area contributed by atoms with Gasteiger partial charge in [-0.05, 0) is 48.6 Å². The standard InChI is InChI=1S/C23H24FN3O2/c1-15-7-8-17-13-18(22(28)25-21(17)16(15)2)14-26-9-11-27(12-10-26)23(29)19-5-3-4-6-20(19)24/h3-8,13H,9-12,14H2,1-2H3,(H,25,28). The van der Waals surface area contributed by atoms with Gasteiger partial charge in [0.05, 0.1) is 11.1 Å². The molecule has 0 saturated carbocycles. The van der Waals surface area contributed by atoms with E-state index in [9.17, 15) is 14.0 Å². The zero-order chi connectivity index (χ0) is 20.5. The maximum absolute atomic E-state index is 13.9. The van der Waals surface area contributed by atoms with Crippen LogP contribution in [-0.2, 0) is 6.54 Å². The molecule has 2 aromatic carbocycles. The number of piperazine rings is 1. The van der Waals surface area contributed by atoms with Crippen LogP contribution in [0.3, 0.4) is 0 Å². The Bertz CT molecular complexity index is 1130. The molecule has 0 bridgehead atoms. The number of aromatic amines is 1. The highest BCUT2D eigenvalue weighted by atomic mass is 19.1. The number of H-pyrrole nitrogens is 1. The molecule has 2 heterocycles. The summed E-state index contributed by atoms with van der Waals surface area (Å²) < 4.78 is 13.9. The number of carbonyl (C=O) groups excluding carboxylic acids is 1. The van der Waals surface area contributed by atoms with Gasteiger partial charge in [0.1, 0.15) is 5.82 Å². The third-order valence-electron chi connectivity index (χ3n) is 5.79. The minimum absolute atomic E-state index is 0.0731. The van der Waals surface area contributed by atoms with E-state index in [1.807, 2.05) is 26.0 Å². The fraction of sp³-hybridized carbons (Fsp3) is 0.304. The van der Waals surface area contributed by atoms with E-state index in [0.717, 1.165) is 27.6 Å². The third-order valence-corrected chi connectivity index (χ3v) is 5.79. The predicted octanol–water partition coefficient (Wildman–Crippen LogP) is 3.24. The summed E-state index contributed by atoms with van der Waals surface area (Å²) in [6.07, 6.45) is 0. The molecule has 1 saturated heterocycles. The summed E-state index contributed by atoms with van der Waals surface area (Å²) in [7, 11) is 0. The number of nitrogens with zero attached hydrogens (tertiary/aromatic N) is 2. The molecule has 3 aromatic rings. The maximum atomic E-state index is 13.9. The molecule has 1 aliphatic rings.